The molecule has 0 aliphatic heterocycles. The summed E-state index contributed by atoms with van der Waals surface area (Å²) in [5, 5.41) is 26.7. The minimum Gasteiger partial charge on any atom is -0.507 e. The van der Waals surface area contributed by atoms with Crippen LogP contribution < -0.4 is 0 Å². The van der Waals surface area contributed by atoms with Gasteiger partial charge in [-0.3, -0.25) is 0 Å². The molecule has 0 atom stereocenters. The van der Waals surface area contributed by atoms with Crippen molar-refractivity contribution in [2.45, 2.75) is 20.8 Å². The fraction of sp³-hybridized carbons (Fsp3) is 0.200. The highest BCUT2D eigenvalue weighted by Crippen LogP contribution is 2.14. The summed E-state index contributed by atoms with van der Waals surface area (Å²) in [5.41, 5.74) is 2.47. The Kier molecular flexibility index (Phi) is 3.46. The molecule has 0 saturated carbocycles. The molecule has 0 bridgehead atoms. The first-order chi connectivity index (χ1) is 10.6. The van der Waals surface area contributed by atoms with E-state index in [1.165, 1.54) is 0 Å². The second-order valence-electron chi connectivity index (χ2n) is 5.00. The van der Waals surface area contributed by atoms with Gasteiger partial charge in [0.25, 0.3) is 5.95 Å². The fourth-order valence-corrected chi connectivity index (χ4v) is 2.16. The van der Waals surface area contributed by atoms with Crippen LogP contribution in [-0.4, -0.2) is 36.0 Å². The lowest BCUT2D eigenvalue weighted by Gasteiger charge is -2.04. The number of phenolic OH excluding ortho intramolecular Hbond substituents is 1. The van der Waals surface area contributed by atoms with Gasteiger partial charge in [0.2, 0.25) is 0 Å². The SMILES string of the molecule is Cc1cc(C)n(-c2nnc(C)n2/N=C\c2ccccc2O)n1. The number of phenols is 1. The number of aromatic hydroxyl groups is 1. The Hall–Kier alpha value is -2.96. The molecule has 2 heterocycles. The summed E-state index contributed by atoms with van der Waals surface area (Å²) in [7, 11) is 0. The third-order valence-corrected chi connectivity index (χ3v) is 3.23. The van der Waals surface area contributed by atoms with Gasteiger partial charge in [0.05, 0.1) is 11.9 Å². The average molecular weight is 296 g/mol. The Morgan fingerprint density at radius 1 is 1.14 bits per heavy atom. The van der Waals surface area contributed by atoms with Crippen LogP contribution >= 0.6 is 0 Å². The largest absolute Gasteiger partial charge is 0.507 e. The van der Waals surface area contributed by atoms with Crippen LogP contribution in [0.25, 0.3) is 5.95 Å². The summed E-state index contributed by atoms with van der Waals surface area (Å²) in [5.74, 6) is 1.31. The van der Waals surface area contributed by atoms with Crippen molar-refractivity contribution in [3.8, 4) is 11.7 Å². The molecule has 7 nitrogen and oxygen atoms in total. The zero-order valence-corrected chi connectivity index (χ0v) is 12.6. The van der Waals surface area contributed by atoms with Crippen molar-refractivity contribution >= 4 is 6.21 Å². The first kappa shape index (κ1) is 14.0. The molecule has 0 saturated heterocycles. The molecule has 0 radical (unpaired) electrons. The lowest BCUT2D eigenvalue weighted by molar-refractivity contribution is 0.474. The van der Waals surface area contributed by atoms with E-state index in [9.17, 15) is 5.11 Å². The number of nitrogens with zero attached hydrogens (tertiary/aromatic N) is 6. The predicted octanol–water partition coefficient (Wildman–Crippen LogP) is 1.98. The van der Waals surface area contributed by atoms with Gasteiger partial charge >= 0.3 is 0 Å². The maximum Gasteiger partial charge on any atom is 0.273 e. The van der Waals surface area contributed by atoms with Crippen molar-refractivity contribution in [1.29, 1.82) is 0 Å². The van der Waals surface area contributed by atoms with Gasteiger partial charge in [-0.2, -0.15) is 14.9 Å². The van der Waals surface area contributed by atoms with E-state index in [0.717, 1.165) is 11.4 Å². The molecule has 0 amide bonds. The van der Waals surface area contributed by atoms with E-state index in [2.05, 4.69) is 20.4 Å². The molecule has 0 unspecified atom stereocenters. The van der Waals surface area contributed by atoms with Crippen molar-refractivity contribution in [2.75, 3.05) is 0 Å². The van der Waals surface area contributed by atoms with Gasteiger partial charge in [0.15, 0.2) is 5.82 Å². The second kappa shape index (κ2) is 5.44. The molecule has 3 rings (SSSR count). The minimum atomic E-state index is 0.171. The second-order valence-corrected chi connectivity index (χ2v) is 5.00. The number of hydrogen-bond donors (Lipinski definition) is 1. The Morgan fingerprint density at radius 3 is 2.59 bits per heavy atom. The molecule has 0 spiro atoms. The quantitative estimate of drug-likeness (QED) is 0.749. The topological polar surface area (TPSA) is 81.1 Å². The maximum absolute atomic E-state index is 9.79. The van der Waals surface area contributed by atoms with Crippen LogP contribution in [0.3, 0.4) is 0 Å². The molecule has 0 fully saturated rings. The Bertz CT molecular complexity index is 846. The molecule has 112 valence electrons. The van der Waals surface area contributed by atoms with Crippen molar-refractivity contribution in [2.24, 2.45) is 5.10 Å². The minimum absolute atomic E-state index is 0.171. The summed E-state index contributed by atoms with van der Waals surface area (Å²) in [6.07, 6.45) is 1.57. The Balaban J connectivity index is 2.04. The lowest BCUT2D eigenvalue weighted by atomic mass is 10.2. The highest BCUT2D eigenvalue weighted by atomic mass is 16.3. The van der Waals surface area contributed by atoms with Crippen LogP contribution in [0.5, 0.6) is 5.75 Å². The molecule has 3 aromatic rings. The van der Waals surface area contributed by atoms with Gasteiger partial charge in [0, 0.05) is 11.3 Å². The van der Waals surface area contributed by atoms with E-state index < -0.39 is 0 Å². The number of aromatic nitrogens is 5. The van der Waals surface area contributed by atoms with Crippen LogP contribution in [0, 0.1) is 20.8 Å². The van der Waals surface area contributed by atoms with Crippen molar-refractivity contribution in [1.82, 2.24) is 24.7 Å². The Morgan fingerprint density at radius 2 is 1.91 bits per heavy atom. The van der Waals surface area contributed by atoms with Crippen LogP contribution in [0.1, 0.15) is 22.8 Å². The first-order valence-electron chi connectivity index (χ1n) is 6.84. The van der Waals surface area contributed by atoms with E-state index in [0.29, 0.717) is 17.3 Å². The van der Waals surface area contributed by atoms with Crippen LogP contribution in [0.4, 0.5) is 0 Å². The highest BCUT2D eigenvalue weighted by Gasteiger charge is 2.13. The molecule has 22 heavy (non-hydrogen) atoms. The Labute approximate surface area is 127 Å². The van der Waals surface area contributed by atoms with E-state index in [-0.39, 0.29) is 5.75 Å². The van der Waals surface area contributed by atoms with Crippen LogP contribution in [0.2, 0.25) is 0 Å². The molecule has 0 aliphatic rings. The van der Waals surface area contributed by atoms with Crippen molar-refractivity contribution < 1.29 is 5.11 Å². The van der Waals surface area contributed by atoms with E-state index >= 15 is 0 Å². The number of hydrogen-bond acceptors (Lipinski definition) is 5. The van der Waals surface area contributed by atoms with Gasteiger partial charge in [-0.1, -0.05) is 12.1 Å². The van der Waals surface area contributed by atoms with Gasteiger partial charge < -0.3 is 5.11 Å². The fourth-order valence-electron chi connectivity index (χ4n) is 2.16. The summed E-state index contributed by atoms with van der Waals surface area (Å²) in [6, 6.07) is 8.95. The summed E-state index contributed by atoms with van der Waals surface area (Å²) in [6.45, 7) is 5.67. The van der Waals surface area contributed by atoms with E-state index in [1.807, 2.05) is 32.9 Å². The predicted molar refractivity (Wildman–Crippen MR) is 82.5 cm³/mol. The zero-order valence-electron chi connectivity index (χ0n) is 12.6. The molecule has 1 aromatic carbocycles. The van der Waals surface area contributed by atoms with Gasteiger partial charge in [-0.05, 0) is 39.0 Å². The first-order valence-corrected chi connectivity index (χ1v) is 6.84. The average Bonchev–Trinajstić information content (AvgIpc) is 3.00. The zero-order chi connectivity index (χ0) is 15.7. The van der Waals surface area contributed by atoms with Crippen molar-refractivity contribution in [3.63, 3.8) is 0 Å². The summed E-state index contributed by atoms with van der Waals surface area (Å²) < 4.78 is 3.28. The van der Waals surface area contributed by atoms with Gasteiger partial charge in [-0.15, -0.1) is 10.2 Å². The smallest absolute Gasteiger partial charge is 0.273 e. The maximum atomic E-state index is 9.79. The normalized spacial score (nSPS) is 11.4. The lowest BCUT2D eigenvalue weighted by Crippen LogP contribution is -2.08. The van der Waals surface area contributed by atoms with Crippen LogP contribution in [0.15, 0.2) is 35.4 Å². The number of para-hydroxylation sites is 1. The molecule has 1 N–H and O–H groups in total. The van der Waals surface area contributed by atoms with E-state index in [4.69, 9.17) is 0 Å². The molecule has 0 aliphatic carbocycles. The molecule has 2 aromatic heterocycles. The number of aryl methyl sites for hydroxylation is 3. The van der Waals surface area contributed by atoms with Gasteiger partial charge in [0.1, 0.15) is 5.75 Å². The summed E-state index contributed by atoms with van der Waals surface area (Å²) in [4.78, 5) is 0. The van der Waals surface area contributed by atoms with Crippen molar-refractivity contribution in [3.05, 3.63) is 53.1 Å². The third kappa shape index (κ3) is 2.48. The third-order valence-electron chi connectivity index (χ3n) is 3.23. The standard InChI is InChI=1S/C15H16N6O/c1-10-8-11(2)20(19-10)15-18-17-12(3)21(15)16-9-13-6-4-5-7-14(13)22/h4-9,22H,1-3H3/b16-9-. The monoisotopic (exact) mass is 296 g/mol. The van der Waals surface area contributed by atoms with Gasteiger partial charge in [-0.25, -0.2) is 4.68 Å². The van der Waals surface area contributed by atoms with E-state index in [1.54, 1.807) is 33.8 Å². The molecule has 7 heteroatoms. The summed E-state index contributed by atoms with van der Waals surface area (Å²) >= 11 is 0. The molecular formula is C15H16N6O. The molecular weight excluding hydrogens is 280 g/mol. The number of benzene rings is 1. The highest BCUT2D eigenvalue weighted by molar-refractivity contribution is 5.83. The number of rotatable bonds is 3. The van der Waals surface area contributed by atoms with Crippen LogP contribution in [-0.2, 0) is 0 Å².